The maximum Gasteiger partial charge on any atom is 0.211 e. The molecule has 2 aromatic rings. The Kier molecular flexibility index (Phi) is 4.40. The van der Waals surface area contributed by atoms with Crippen molar-refractivity contribution in [3.63, 3.8) is 0 Å². The Labute approximate surface area is 131 Å². The average molecular weight is 319 g/mol. The fraction of sp³-hybridized carbons (Fsp3) is 0.500. The quantitative estimate of drug-likeness (QED) is 0.870. The second-order valence-electron chi connectivity index (χ2n) is 6.03. The van der Waals surface area contributed by atoms with E-state index in [9.17, 15) is 8.42 Å². The third-order valence-electron chi connectivity index (χ3n) is 4.42. The van der Waals surface area contributed by atoms with E-state index in [-0.39, 0.29) is 0 Å². The molecule has 1 saturated heterocycles. The van der Waals surface area contributed by atoms with Crippen molar-refractivity contribution < 1.29 is 8.42 Å². The maximum atomic E-state index is 11.7. The van der Waals surface area contributed by atoms with Gasteiger partial charge >= 0.3 is 0 Å². The highest BCUT2D eigenvalue weighted by Gasteiger charge is 2.23. The van der Waals surface area contributed by atoms with Crippen LogP contribution in [-0.4, -0.2) is 42.0 Å². The molecule has 3 rings (SSSR count). The van der Waals surface area contributed by atoms with Gasteiger partial charge in [-0.1, -0.05) is 0 Å². The monoisotopic (exact) mass is 319 g/mol. The van der Waals surface area contributed by atoms with Crippen molar-refractivity contribution >= 4 is 20.9 Å². The summed E-state index contributed by atoms with van der Waals surface area (Å²) in [5.41, 5.74) is 2.23. The number of nitrogens with zero attached hydrogens (tertiary/aromatic N) is 3. The van der Waals surface area contributed by atoms with Crippen LogP contribution in [0.2, 0.25) is 0 Å². The number of hydrogen-bond acceptors (Lipinski definition) is 4. The third-order valence-corrected chi connectivity index (χ3v) is 5.72. The Bertz CT molecular complexity index is 756. The number of pyridine rings is 2. The molecule has 0 unspecified atom stereocenters. The van der Waals surface area contributed by atoms with Crippen LogP contribution in [-0.2, 0) is 16.4 Å². The summed E-state index contributed by atoms with van der Waals surface area (Å²) >= 11 is 0. The zero-order valence-electron chi connectivity index (χ0n) is 12.8. The van der Waals surface area contributed by atoms with Gasteiger partial charge in [-0.3, -0.25) is 9.97 Å². The lowest BCUT2D eigenvalue weighted by molar-refractivity contribution is 0.414. The molecule has 0 radical (unpaired) electrons. The van der Waals surface area contributed by atoms with Gasteiger partial charge in [-0.25, -0.2) is 12.7 Å². The number of fused-ring (bicyclic) bond motifs is 1. The van der Waals surface area contributed by atoms with Gasteiger partial charge in [0.25, 0.3) is 0 Å². The van der Waals surface area contributed by atoms with Crippen molar-refractivity contribution in [1.29, 1.82) is 0 Å². The molecule has 0 aliphatic carbocycles. The summed E-state index contributed by atoms with van der Waals surface area (Å²) < 4.78 is 25.0. The SMILES string of the molecule is CS(=O)(=O)N1CCC[C@H](Cc2ccnc3ccncc23)CC1. The summed E-state index contributed by atoms with van der Waals surface area (Å²) in [6.45, 7) is 1.28. The van der Waals surface area contributed by atoms with Crippen LogP contribution in [0.5, 0.6) is 0 Å². The van der Waals surface area contributed by atoms with Gasteiger partial charge in [0.15, 0.2) is 0 Å². The number of hydrogen-bond donors (Lipinski definition) is 0. The molecule has 6 heteroatoms. The van der Waals surface area contributed by atoms with Crippen molar-refractivity contribution in [1.82, 2.24) is 14.3 Å². The first kappa shape index (κ1) is 15.4. The average Bonchev–Trinajstić information content (AvgIpc) is 2.73. The number of sulfonamides is 1. The molecule has 0 aromatic carbocycles. The van der Waals surface area contributed by atoms with Gasteiger partial charge < -0.3 is 0 Å². The Morgan fingerprint density at radius 2 is 2.09 bits per heavy atom. The predicted molar refractivity (Wildman–Crippen MR) is 87.0 cm³/mol. The Hall–Kier alpha value is -1.53. The van der Waals surface area contributed by atoms with Gasteiger partial charge in [-0.05, 0) is 49.3 Å². The van der Waals surface area contributed by atoms with Crippen LogP contribution >= 0.6 is 0 Å². The second kappa shape index (κ2) is 6.30. The zero-order chi connectivity index (χ0) is 15.6. The van der Waals surface area contributed by atoms with Gasteiger partial charge in [0, 0.05) is 37.1 Å². The van der Waals surface area contributed by atoms with Crippen molar-refractivity contribution in [2.75, 3.05) is 19.3 Å². The minimum atomic E-state index is -3.07. The molecule has 3 heterocycles. The summed E-state index contributed by atoms with van der Waals surface area (Å²) in [5.74, 6) is 0.512. The lowest BCUT2D eigenvalue weighted by atomic mass is 9.92. The summed E-state index contributed by atoms with van der Waals surface area (Å²) in [6, 6.07) is 3.99. The Balaban J connectivity index is 1.75. The van der Waals surface area contributed by atoms with Crippen molar-refractivity contribution in [3.8, 4) is 0 Å². The Morgan fingerprint density at radius 1 is 1.23 bits per heavy atom. The molecule has 0 amide bonds. The van der Waals surface area contributed by atoms with E-state index < -0.39 is 10.0 Å². The van der Waals surface area contributed by atoms with Gasteiger partial charge in [0.1, 0.15) is 0 Å². The molecular formula is C16H21N3O2S. The highest BCUT2D eigenvalue weighted by Crippen LogP contribution is 2.25. The standard InChI is InChI=1S/C16H21N3O2S/c1-22(20,21)19-9-2-3-13(6-10-19)11-14-4-8-18-16-5-7-17-12-15(14)16/h4-5,7-8,12-13H,2-3,6,9-11H2,1H3/t13-/m0/s1. The summed E-state index contributed by atoms with van der Waals surface area (Å²) in [4.78, 5) is 8.57. The molecule has 1 aliphatic heterocycles. The number of aromatic nitrogens is 2. The molecule has 0 N–H and O–H groups in total. The summed E-state index contributed by atoms with van der Waals surface area (Å²) in [7, 11) is -3.07. The number of rotatable bonds is 3. The van der Waals surface area contributed by atoms with E-state index in [0.717, 1.165) is 36.6 Å². The van der Waals surface area contributed by atoms with E-state index in [1.165, 1.54) is 11.8 Å². The van der Waals surface area contributed by atoms with Gasteiger partial charge in [-0.15, -0.1) is 0 Å². The van der Waals surface area contributed by atoms with E-state index in [4.69, 9.17) is 0 Å². The van der Waals surface area contributed by atoms with E-state index in [1.54, 1.807) is 10.5 Å². The van der Waals surface area contributed by atoms with Crippen LogP contribution in [0, 0.1) is 5.92 Å². The topological polar surface area (TPSA) is 63.2 Å². The third kappa shape index (κ3) is 3.44. The first-order valence-electron chi connectivity index (χ1n) is 7.67. The molecule has 22 heavy (non-hydrogen) atoms. The first-order chi connectivity index (χ1) is 10.5. The molecule has 1 atom stereocenters. The normalized spacial score (nSPS) is 20.9. The van der Waals surface area contributed by atoms with E-state index >= 15 is 0 Å². The molecule has 0 bridgehead atoms. The minimum Gasteiger partial charge on any atom is -0.264 e. The molecule has 2 aromatic heterocycles. The van der Waals surface area contributed by atoms with Crippen LogP contribution in [0.15, 0.2) is 30.7 Å². The lowest BCUT2D eigenvalue weighted by Crippen LogP contribution is -2.30. The minimum absolute atomic E-state index is 0.512. The zero-order valence-corrected chi connectivity index (χ0v) is 13.6. The van der Waals surface area contributed by atoms with Gasteiger partial charge in [0.05, 0.1) is 11.8 Å². The first-order valence-corrected chi connectivity index (χ1v) is 9.51. The molecular weight excluding hydrogens is 298 g/mol. The summed E-state index contributed by atoms with van der Waals surface area (Å²) in [6.07, 6.45) is 10.6. The van der Waals surface area contributed by atoms with Crippen LogP contribution in [0.1, 0.15) is 24.8 Å². The highest BCUT2D eigenvalue weighted by molar-refractivity contribution is 7.88. The van der Waals surface area contributed by atoms with E-state index in [0.29, 0.717) is 19.0 Å². The second-order valence-corrected chi connectivity index (χ2v) is 8.01. The van der Waals surface area contributed by atoms with E-state index in [1.807, 2.05) is 18.5 Å². The van der Waals surface area contributed by atoms with Crippen LogP contribution in [0.4, 0.5) is 0 Å². The molecule has 1 fully saturated rings. The molecule has 0 saturated carbocycles. The predicted octanol–water partition coefficient (Wildman–Crippen LogP) is 2.23. The van der Waals surface area contributed by atoms with Crippen LogP contribution in [0.25, 0.3) is 10.9 Å². The fourth-order valence-electron chi connectivity index (χ4n) is 3.21. The Morgan fingerprint density at radius 3 is 2.91 bits per heavy atom. The van der Waals surface area contributed by atoms with Gasteiger partial charge in [0.2, 0.25) is 10.0 Å². The maximum absolute atomic E-state index is 11.7. The lowest BCUT2D eigenvalue weighted by Gasteiger charge is -2.17. The highest BCUT2D eigenvalue weighted by atomic mass is 32.2. The fourth-order valence-corrected chi connectivity index (χ4v) is 4.11. The largest absolute Gasteiger partial charge is 0.264 e. The molecule has 118 valence electrons. The smallest absolute Gasteiger partial charge is 0.211 e. The molecule has 0 spiro atoms. The van der Waals surface area contributed by atoms with Crippen molar-refractivity contribution in [2.24, 2.45) is 5.92 Å². The van der Waals surface area contributed by atoms with E-state index in [2.05, 4.69) is 16.0 Å². The van der Waals surface area contributed by atoms with Crippen LogP contribution in [0.3, 0.4) is 0 Å². The van der Waals surface area contributed by atoms with Crippen molar-refractivity contribution in [3.05, 3.63) is 36.3 Å². The molecule has 1 aliphatic rings. The summed E-state index contributed by atoms with van der Waals surface area (Å²) in [5, 5.41) is 1.11. The van der Waals surface area contributed by atoms with Crippen molar-refractivity contribution in [2.45, 2.75) is 25.7 Å². The molecule has 5 nitrogen and oxygen atoms in total. The van der Waals surface area contributed by atoms with Gasteiger partial charge in [-0.2, -0.15) is 0 Å². The van der Waals surface area contributed by atoms with Crippen LogP contribution < -0.4 is 0 Å².